The Hall–Kier alpha value is -1.39. The molecule has 1 atom stereocenters. The van der Waals surface area contributed by atoms with Gasteiger partial charge in [0.15, 0.2) is 0 Å². The monoisotopic (exact) mass is 221 g/mol. The standard InChI is InChI=1S/C12H15NO3/c1-12(9-13-7-8-15-12)16-11(14)10-5-3-2-4-6-10/h2-6,13H,7-9H2,1H3. The van der Waals surface area contributed by atoms with Crippen molar-refractivity contribution in [2.45, 2.75) is 12.7 Å². The SMILES string of the molecule is CC1(OC(=O)c2ccccc2)CNCCO1. The summed E-state index contributed by atoms with van der Waals surface area (Å²) in [5, 5.41) is 3.13. The quantitative estimate of drug-likeness (QED) is 0.762. The van der Waals surface area contributed by atoms with E-state index in [1.807, 2.05) is 6.07 Å². The van der Waals surface area contributed by atoms with Gasteiger partial charge >= 0.3 is 5.97 Å². The van der Waals surface area contributed by atoms with Gasteiger partial charge in [0.2, 0.25) is 5.79 Å². The van der Waals surface area contributed by atoms with Gasteiger partial charge in [0.1, 0.15) is 0 Å². The Kier molecular flexibility index (Phi) is 3.22. The fourth-order valence-corrected chi connectivity index (χ4v) is 1.60. The molecule has 0 saturated carbocycles. The fourth-order valence-electron chi connectivity index (χ4n) is 1.60. The summed E-state index contributed by atoms with van der Waals surface area (Å²) in [6.45, 7) is 3.63. The second kappa shape index (κ2) is 4.63. The second-order valence-electron chi connectivity index (χ2n) is 3.91. The van der Waals surface area contributed by atoms with E-state index in [-0.39, 0.29) is 5.97 Å². The van der Waals surface area contributed by atoms with Gasteiger partial charge in [-0.25, -0.2) is 4.79 Å². The Morgan fingerprint density at radius 1 is 1.44 bits per heavy atom. The number of benzene rings is 1. The zero-order valence-corrected chi connectivity index (χ0v) is 9.23. The third kappa shape index (κ3) is 2.59. The maximum Gasteiger partial charge on any atom is 0.340 e. The molecule has 4 nitrogen and oxygen atoms in total. The van der Waals surface area contributed by atoms with Gasteiger partial charge in [-0.05, 0) is 12.1 Å². The molecule has 86 valence electrons. The van der Waals surface area contributed by atoms with Crippen LogP contribution in [0.2, 0.25) is 0 Å². The number of esters is 1. The number of morpholine rings is 1. The smallest absolute Gasteiger partial charge is 0.340 e. The highest BCUT2D eigenvalue weighted by Gasteiger charge is 2.32. The minimum absolute atomic E-state index is 0.355. The predicted octanol–water partition coefficient (Wildman–Crippen LogP) is 1.18. The zero-order chi connectivity index (χ0) is 11.4. The summed E-state index contributed by atoms with van der Waals surface area (Å²) >= 11 is 0. The first kappa shape index (κ1) is 11.1. The Bertz CT molecular complexity index is 358. The minimum Gasteiger partial charge on any atom is -0.428 e. The molecule has 0 aliphatic carbocycles. The molecule has 1 saturated heterocycles. The first-order valence-electron chi connectivity index (χ1n) is 5.33. The summed E-state index contributed by atoms with van der Waals surface area (Å²) in [5.74, 6) is -1.21. The van der Waals surface area contributed by atoms with Gasteiger partial charge < -0.3 is 14.8 Å². The Morgan fingerprint density at radius 2 is 2.19 bits per heavy atom. The summed E-state index contributed by atoms with van der Waals surface area (Å²) in [4.78, 5) is 11.8. The molecule has 0 aromatic heterocycles. The topological polar surface area (TPSA) is 47.6 Å². The van der Waals surface area contributed by atoms with E-state index in [1.54, 1.807) is 31.2 Å². The number of nitrogens with one attached hydrogen (secondary N) is 1. The van der Waals surface area contributed by atoms with E-state index in [1.165, 1.54) is 0 Å². The van der Waals surface area contributed by atoms with Gasteiger partial charge in [0.05, 0.1) is 18.7 Å². The van der Waals surface area contributed by atoms with Crippen LogP contribution < -0.4 is 5.32 Å². The molecule has 16 heavy (non-hydrogen) atoms. The molecule has 1 fully saturated rings. The van der Waals surface area contributed by atoms with Gasteiger partial charge in [-0.1, -0.05) is 18.2 Å². The van der Waals surface area contributed by atoms with Crippen molar-refractivity contribution in [1.82, 2.24) is 5.32 Å². The lowest BCUT2D eigenvalue weighted by molar-refractivity contribution is -0.201. The highest BCUT2D eigenvalue weighted by atomic mass is 16.7. The van der Waals surface area contributed by atoms with Crippen molar-refractivity contribution in [3.05, 3.63) is 35.9 Å². The predicted molar refractivity (Wildman–Crippen MR) is 59.1 cm³/mol. The molecule has 1 aromatic carbocycles. The second-order valence-corrected chi connectivity index (χ2v) is 3.91. The van der Waals surface area contributed by atoms with Crippen LogP contribution in [0.5, 0.6) is 0 Å². The molecular weight excluding hydrogens is 206 g/mol. The molecule has 1 aliphatic rings. The molecule has 1 aliphatic heterocycles. The van der Waals surface area contributed by atoms with E-state index >= 15 is 0 Å². The zero-order valence-electron chi connectivity index (χ0n) is 9.23. The van der Waals surface area contributed by atoms with Crippen LogP contribution in [0.15, 0.2) is 30.3 Å². The molecule has 0 radical (unpaired) electrons. The van der Waals surface area contributed by atoms with Crippen molar-refractivity contribution >= 4 is 5.97 Å². The van der Waals surface area contributed by atoms with Gasteiger partial charge in [0.25, 0.3) is 0 Å². The number of carbonyl (C=O) groups is 1. The average molecular weight is 221 g/mol. The van der Waals surface area contributed by atoms with Crippen LogP contribution in [-0.2, 0) is 9.47 Å². The van der Waals surface area contributed by atoms with Gasteiger partial charge in [-0.15, -0.1) is 0 Å². The Balaban J connectivity index is 2.01. The van der Waals surface area contributed by atoms with Crippen molar-refractivity contribution in [2.24, 2.45) is 0 Å². The van der Waals surface area contributed by atoms with Crippen molar-refractivity contribution in [1.29, 1.82) is 0 Å². The number of rotatable bonds is 2. The van der Waals surface area contributed by atoms with Gasteiger partial charge in [-0.3, -0.25) is 0 Å². The lowest BCUT2D eigenvalue weighted by Crippen LogP contribution is -2.50. The van der Waals surface area contributed by atoms with Gasteiger partial charge in [-0.2, -0.15) is 0 Å². The summed E-state index contributed by atoms with van der Waals surface area (Å²) in [6, 6.07) is 8.92. The van der Waals surface area contributed by atoms with E-state index in [0.717, 1.165) is 6.54 Å². The molecule has 1 N–H and O–H groups in total. The Labute approximate surface area is 94.6 Å². The first-order chi connectivity index (χ1) is 7.70. The highest BCUT2D eigenvalue weighted by molar-refractivity contribution is 5.89. The summed E-state index contributed by atoms with van der Waals surface area (Å²) in [6.07, 6.45) is 0. The minimum atomic E-state index is -0.856. The van der Waals surface area contributed by atoms with Crippen molar-refractivity contribution in [3.8, 4) is 0 Å². The highest BCUT2D eigenvalue weighted by Crippen LogP contribution is 2.16. The molecule has 1 aromatic rings. The average Bonchev–Trinajstić information content (AvgIpc) is 2.30. The number of carbonyl (C=O) groups excluding carboxylic acids is 1. The molecule has 0 spiro atoms. The van der Waals surface area contributed by atoms with E-state index in [2.05, 4.69) is 5.32 Å². The van der Waals surface area contributed by atoms with E-state index < -0.39 is 5.79 Å². The van der Waals surface area contributed by atoms with Crippen molar-refractivity contribution in [2.75, 3.05) is 19.7 Å². The van der Waals surface area contributed by atoms with Crippen LogP contribution in [0.3, 0.4) is 0 Å². The summed E-state index contributed by atoms with van der Waals surface area (Å²) in [5.41, 5.74) is 0.540. The molecule has 1 unspecified atom stereocenters. The Morgan fingerprint density at radius 3 is 2.81 bits per heavy atom. The molecule has 2 rings (SSSR count). The number of ether oxygens (including phenoxy) is 2. The maximum atomic E-state index is 11.8. The van der Waals surface area contributed by atoms with Crippen LogP contribution in [0.1, 0.15) is 17.3 Å². The lowest BCUT2D eigenvalue weighted by Gasteiger charge is -2.33. The largest absolute Gasteiger partial charge is 0.428 e. The van der Waals surface area contributed by atoms with Gasteiger partial charge in [0, 0.05) is 13.5 Å². The third-order valence-electron chi connectivity index (χ3n) is 2.45. The normalized spacial score (nSPS) is 25.1. The maximum absolute atomic E-state index is 11.8. The van der Waals surface area contributed by atoms with E-state index in [0.29, 0.717) is 18.7 Å². The van der Waals surface area contributed by atoms with Crippen LogP contribution >= 0.6 is 0 Å². The lowest BCUT2D eigenvalue weighted by atomic mass is 10.2. The molecule has 1 heterocycles. The number of hydrogen-bond acceptors (Lipinski definition) is 4. The van der Waals surface area contributed by atoms with E-state index in [9.17, 15) is 4.79 Å². The van der Waals surface area contributed by atoms with Crippen LogP contribution in [0, 0.1) is 0 Å². The van der Waals surface area contributed by atoms with E-state index in [4.69, 9.17) is 9.47 Å². The third-order valence-corrected chi connectivity index (χ3v) is 2.45. The van der Waals surface area contributed by atoms with Crippen LogP contribution in [-0.4, -0.2) is 31.5 Å². The fraction of sp³-hybridized carbons (Fsp3) is 0.417. The molecular formula is C12H15NO3. The molecule has 4 heteroatoms. The number of hydrogen-bond donors (Lipinski definition) is 1. The first-order valence-corrected chi connectivity index (χ1v) is 5.33. The van der Waals surface area contributed by atoms with Crippen molar-refractivity contribution in [3.63, 3.8) is 0 Å². The summed E-state index contributed by atoms with van der Waals surface area (Å²) in [7, 11) is 0. The summed E-state index contributed by atoms with van der Waals surface area (Å²) < 4.78 is 10.8. The van der Waals surface area contributed by atoms with Crippen molar-refractivity contribution < 1.29 is 14.3 Å². The van der Waals surface area contributed by atoms with Crippen LogP contribution in [0.4, 0.5) is 0 Å². The molecule has 0 bridgehead atoms. The van der Waals surface area contributed by atoms with Crippen LogP contribution in [0.25, 0.3) is 0 Å². The molecule has 0 amide bonds.